The molecule has 0 aliphatic carbocycles. The Morgan fingerprint density at radius 2 is 2.27 bits per heavy atom. The van der Waals surface area contributed by atoms with Crippen LogP contribution in [0.4, 0.5) is 10.1 Å². The van der Waals surface area contributed by atoms with Crippen molar-refractivity contribution in [3.05, 3.63) is 35.8 Å². The predicted octanol–water partition coefficient (Wildman–Crippen LogP) is 2.32. The summed E-state index contributed by atoms with van der Waals surface area (Å²) in [7, 11) is 3.98. The molecule has 1 saturated heterocycles. The molecule has 1 fully saturated rings. The Kier molecular flexibility index (Phi) is 5.68. The lowest BCUT2D eigenvalue weighted by molar-refractivity contribution is 0.0246. The SMILES string of the molecule is CCOC(=O)c1cnc2ccc(F)cc2c1N1CCOC(CN(C)C)C1. The van der Waals surface area contributed by atoms with Crippen LogP contribution in [0.15, 0.2) is 24.4 Å². The van der Waals surface area contributed by atoms with Crippen LogP contribution in [0, 0.1) is 5.82 Å². The molecule has 2 heterocycles. The summed E-state index contributed by atoms with van der Waals surface area (Å²) in [6, 6.07) is 4.43. The van der Waals surface area contributed by atoms with E-state index >= 15 is 0 Å². The van der Waals surface area contributed by atoms with Gasteiger partial charge in [-0.15, -0.1) is 0 Å². The second kappa shape index (κ2) is 7.97. The van der Waals surface area contributed by atoms with E-state index in [9.17, 15) is 9.18 Å². The maximum atomic E-state index is 13.9. The summed E-state index contributed by atoms with van der Waals surface area (Å²) in [4.78, 5) is 20.9. The van der Waals surface area contributed by atoms with E-state index in [0.717, 1.165) is 6.54 Å². The highest BCUT2D eigenvalue weighted by atomic mass is 19.1. The van der Waals surface area contributed by atoms with Gasteiger partial charge in [-0.2, -0.15) is 0 Å². The summed E-state index contributed by atoms with van der Waals surface area (Å²) in [6.45, 7) is 4.56. The van der Waals surface area contributed by atoms with E-state index in [2.05, 4.69) is 14.8 Å². The number of halogens is 1. The van der Waals surface area contributed by atoms with Crippen LogP contribution in [0.5, 0.6) is 0 Å². The number of pyridine rings is 1. The Morgan fingerprint density at radius 3 is 3.00 bits per heavy atom. The van der Waals surface area contributed by atoms with Crippen molar-refractivity contribution in [2.24, 2.45) is 0 Å². The van der Waals surface area contributed by atoms with Crippen LogP contribution in [0.1, 0.15) is 17.3 Å². The second-order valence-electron chi connectivity index (χ2n) is 6.60. The van der Waals surface area contributed by atoms with Gasteiger partial charge in [-0.1, -0.05) is 0 Å². The number of morpholine rings is 1. The highest BCUT2D eigenvalue weighted by molar-refractivity contribution is 6.05. The first-order valence-corrected chi connectivity index (χ1v) is 8.76. The molecule has 140 valence electrons. The molecule has 1 aromatic carbocycles. The van der Waals surface area contributed by atoms with Crippen molar-refractivity contribution in [3.63, 3.8) is 0 Å². The molecule has 1 aliphatic rings. The Bertz CT molecular complexity index is 797. The van der Waals surface area contributed by atoms with Crippen molar-refractivity contribution in [2.45, 2.75) is 13.0 Å². The smallest absolute Gasteiger partial charge is 0.341 e. The molecule has 2 aromatic rings. The zero-order chi connectivity index (χ0) is 18.7. The van der Waals surface area contributed by atoms with E-state index in [1.165, 1.54) is 18.3 Å². The Morgan fingerprint density at radius 1 is 1.46 bits per heavy atom. The summed E-state index contributed by atoms with van der Waals surface area (Å²) in [5.74, 6) is -0.809. The summed E-state index contributed by atoms with van der Waals surface area (Å²) in [6.07, 6.45) is 1.52. The van der Waals surface area contributed by atoms with Gasteiger partial charge >= 0.3 is 5.97 Å². The zero-order valence-electron chi connectivity index (χ0n) is 15.4. The standard InChI is InChI=1S/C19H24FN3O3/c1-4-25-19(24)16-10-21-17-6-5-13(20)9-15(17)18(16)23-7-8-26-14(12-23)11-22(2)3/h5-6,9-10,14H,4,7-8,11-12H2,1-3H3. The molecule has 0 saturated carbocycles. The molecule has 1 atom stereocenters. The molecule has 1 aromatic heterocycles. The number of aromatic nitrogens is 1. The summed E-state index contributed by atoms with van der Waals surface area (Å²) in [5.41, 5.74) is 1.67. The van der Waals surface area contributed by atoms with E-state index in [4.69, 9.17) is 9.47 Å². The van der Waals surface area contributed by atoms with Gasteiger partial charge in [-0.05, 0) is 39.2 Å². The zero-order valence-corrected chi connectivity index (χ0v) is 15.4. The molecule has 1 aliphatic heterocycles. The van der Waals surface area contributed by atoms with Gasteiger partial charge < -0.3 is 19.3 Å². The number of esters is 1. The molecule has 0 amide bonds. The van der Waals surface area contributed by atoms with E-state index in [-0.39, 0.29) is 18.5 Å². The van der Waals surface area contributed by atoms with Gasteiger partial charge in [-0.3, -0.25) is 4.98 Å². The Balaban J connectivity index is 2.07. The van der Waals surface area contributed by atoms with Crippen molar-refractivity contribution in [1.82, 2.24) is 9.88 Å². The first-order chi connectivity index (χ1) is 12.5. The van der Waals surface area contributed by atoms with Crippen LogP contribution in [0.3, 0.4) is 0 Å². The van der Waals surface area contributed by atoms with Crippen LogP contribution in [0.25, 0.3) is 10.9 Å². The normalized spacial score (nSPS) is 17.7. The van der Waals surface area contributed by atoms with Crippen molar-refractivity contribution in [1.29, 1.82) is 0 Å². The number of carbonyl (C=O) groups excluding carboxylic acids is 1. The lowest BCUT2D eigenvalue weighted by Crippen LogP contribution is -2.47. The van der Waals surface area contributed by atoms with Gasteiger partial charge in [0.15, 0.2) is 0 Å². The van der Waals surface area contributed by atoms with E-state index < -0.39 is 5.97 Å². The fourth-order valence-electron chi connectivity index (χ4n) is 3.29. The Hall–Kier alpha value is -2.25. The third-order valence-electron chi connectivity index (χ3n) is 4.32. The van der Waals surface area contributed by atoms with Gasteiger partial charge in [0.2, 0.25) is 0 Å². The van der Waals surface area contributed by atoms with Gasteiger partial charge in [0.05, 0.1) is 30.5 Å². The fourth-order valence-corrected chi connectivity index (χ4v) is 3.29. The topological polar surface area (TPSA) is 54.9 Å². The molecule has 0 spiro atoms. The largest absolute Gasteiger partial charge is 0.462 e. The quantitative estimate of drug-likeness (QED) is 0.762. The van der Waals surface area contributed by atoms with Crippen molar-refractivity contribution < 1.29 is 18.7 Å². The maximum Gasteiger partial charge on any atom is 0.341 e. The lowest BCUT2D eigenvalue weighted by Gasteiger charge is -2.36. The number of likely N-dealkylation sites (N-methyl/N-ethyl adjacent to an activating group) is 1. The molecule has 0 N–H and O–H groups in total. The van der Waals surface area contributed by atoms with Crippen LogP contribution >= 0.6 is 0 Å². The predicted molar refractivity (Wildman–Crippen MR) is 98.2 cm³/mol. The number of ether oxygens (including phenoxy) is 2. The highest BCUT2D eigenvalue weighted by Gasteiger charge is 2.27. The molecular weight excluding hydrogens is 337 g/mol. The first-order valence-electron chi connectivity index (χ1n) is 8.76. The van der Waals surface area contributed by atoms with Gasteiger partial charge in [0.25, 0.3) is 0 Å². The number of fused-ring (bicyclic) bond motifs is 1. The molecule has 0 bridgehead atoms. The number of rotatable bonds is 5. The number of nitrogens with zero attached hydrogens (tertiary/aromatic N) is 3. The third-order valence-corrected chi connectivity index (χ3v) is 4.32. The van der Waals surface area contributed by atoms with Crippen molar-refractivity contribution >= 4 is 22.6 Å². The molecule has 0 radical (unpaired) electrons. The van der Waals surface area contributed by atoms with Crippen molar-refractivity contribution in [2.75, 3.05) is 51.8 Å². The molecule has 3 rings (SSSR count). The monoisotopic (exact) mass is 361 g/mol. The van der Waals surface area contributed by atoms with Gasteiger partial charge in [-0.25, -0.2) is 9.18 Å². The average Bonchev–Trinajstić information content (AvgIpc) is 2.60. The minimum atomic E-state index is -0.447. The minimum absolute atomic E-state index is 0.00516. The number of hydrogen-bond donors (Lipinski definition) is 0. The minimum Gasteiger partial charge on any atom is -0.462 e. The summed E-state index contributed by atoms with van der Waals surface area (Å²) >= 11 is 0. The van der Waals surface area contributed by atoms with Gasteiger partial charge in [0, 0.05) is 31.2 Å². The fraction of sp³-hybridized carbons (Fsp3) is 0.474. The molecule has 7 heteroatoms. The highest BCUT2D eigenvalue weighted by Crippen LogP contribution is 2.32. The van der Waals surface area contributed by atoms with E-state index in [0.29, 0.717) is 41.9 Å². The average molecular weight is 361 g/mol. The maximum absolute atomic E-state index is 13.9. The van der Waals surface area contributed by atoms with Crippen LogP contribution in [-0.2, 0) is 9.47 Å². The first kappa shape index (κ1) is 18.5. The van der Waals surface area contributed by atoms with Crippen molar-refractivity contribution in [3.8, 4) is 0 Å². The number of carbonyl (C=O) groups is 1. The van der Waals surface area contributed by atoms with E-state index in [1.54, 1.807) is 13.0 Å². The number of hydrogen-bond acceptors (Lipinski definition) is 6. The number of benzene rings is 1. The Labute approximate surface area is 152 Å². The summed E-state index contributed by atoms with van der Waals surface area (Å²) < 4.78 is 24.9. The molecule has 6 nitrogen and oxygen atoms in total. The number of anilines is 1. The van der Waals surface area contributed by atoms with Crippen LogP contribution in [-0.4, -0.2) is 68.9 Å². The molecule has 1 unspecified atom stereocenters. The van der Waals surface area contributed by atoms with Gasteiger partial charge in [0.1, 0.15) is 11.4 Å². The van der Waals surface area contributed by atoms with Crippen LogP contribution in [0.2, 0.25) is 0 Å². The second-order valence-corrected chi connectivity index (χ2v) is 6.60. The molecular formula is C19H24FN3O3. The third kappa shape index (κ3) is 3.94. The van der Waals surface area contributed by atoms with E-state index in [1.807, 2.05) is 14.1 Å². The summed E-state index contributed by atoms with van der Waals surface area (Å²) in [5, 5.41) is 0.612. The van der Waals surface area contributed by atoms with Crippen LogP contribution < -0.4 is 4.90 Å². The molecule has 26 heavy (non-hydrogen) atoms. The lowest BCUT2D eigenvalue weighted by atomic mass is 10.1.